The maximum Gasteiger partial charge on any atom is 0.228 e. The number of aryl methyl sites for hydroxylation is 1. The van der Waals surface area contributed by atoms with Gasteiger partial charge in [0, 0.05) is 5.69 Å². The lowest BCUT2D eigenvalue weighted by atomic mass is 10.3. The number of rotatable bonds is 2. The average Bonchev–Trinajstić information content (AvgIpc) is 2.39. The Hall–Kier alpha value is -2.62. The van der Waals surface area contributed by atoms with Crippen LogP contribution in [0.2, 0.25) is 0 Å². The molecule has 0 amide bonds. The van der Waals surface area contributed by atoms with Crippen molar-refractivity contribution in [2.45, 2.75) is 6.92 Å². The zero-order valence-corrected chi connectivity index (χ0v) is 9.71. The second kappa shape index (κ2) is 4.94. The van der Waals surface area contributed by atoms with E-state index in [-0.39, 0.29) is 17.3 Å². The Morgan fingerprint density at radius 3 is 2.58 bits per heavy atom. The summed E-state index contributed by atoms with van der Waals surface area (Å²) in [6, 6.07) is 5.05. The first kappa shape index (κ1) is 12.8. The molecule has 0 bridgehead atoms. The number of anilines is 2. The van der Waals surface area contributed by atoms with Gasteiger partial charge in [-0.3, -0.25) is 0 Å². The Labute approximate surface area is 106 Å². The van der Waals surface area contributed by atoms with E-state index in [9.17, 15) is 13.2 Å². The van der Waals surface area contributed by atoms with Crippen LogP contribution < -0.4 is 5.32 Å². The van der Waals surface area contributed by atoms with Gasteiger partial charge in [-0.25, -0.2) is 23.1 Å². The molecule has 1 heterocycles. The fourth-order valence-corrected chi connectivity index (χ4v) is 1.42. The maximum absolute atomic E-state index is 13.4. The third-order valence-corrected chi connectivity index (χ3v) is 2.25. The molecule has 0 atom stereocenters. The van der Waals surface area contributed by atoms with Crippen molar-refractivity contribution in [3.63, 3.8) is 0 Å². The molecule has 2 aromatic rings. The molecule has 7 heteroatoms. The molecule has 4 nitrogen and oxygen atoms in total. The van der Waals surface area contributed by atoms with E-state index in [2.05, 4.69) is 15.3 Å². The summed E-state index contributed by atoms with van der Waals surface area (Å²) in [5.74, 6) is -4.31. The highest BCUT2D eigenvalue weighted by Crippen LogP contribution is 2.22. The minimum absolute atomic E-state index is 0.0681. The SMILES string of the molecule is Cc1cc(C#N)nc(Nc2ccc(F)c(F)c2F)n1. The van der Waals surface area contributed by atoms with Crippen LogP contribution in [0.1, 0.15) is 11.4 Å². The zero-order valence-electron chi connectivity index (χ0n) is 9.71. The molecule has 1 aromatic heterocycles. The van der Waals surface area contributed by atoms with Crippen LogP contribution in [-0.2, 0) is 0 Å². The molecule has 2 rings (SSSR count). The van der Waals surface area contributed by atoms with E-state index in [0.29, 0.717) is 5.69 Å². The largest absolute Gasteiger partial charge is 0.322 e. The van der Waals surface area contributed by atoms with E-state index in [1.807, 2.05) is 6.07 Å². The number of nitriles is 1. The minimum Gasteiger partial charge on any atom is -0.322 e. The van der Waals surface area contributed by atoms with E-state index in [1.165, 1.54) is 6.07 Å². The highest BCUT2D eigenvalue weighted by Gasteiger charge is 2.14. The predicted octanol–water partition coefficient (Wildman–Crippen LogP) is 2.82. The Balaban J connectivity index is 2.40. The number of nitrogens with zero attached hydrogens (tertiary/aromatic N) is 3. The summed E-state index contributed by atoms with van der Waals surface area (Å²) in [4.78, 5) is 7.69. The lowest BCUT2D eigenvalue weighted by Gasteiger charge is -2.07. The van der Waals surface area contributed by atoms with Crippen molar-refractivity contribution in [2.24, 2.45) is 0 Å². The molecule has 0 aliphatic carbocycles. The molecule has 1 aromatic carbocycles. The van der Waals surface area contributed by atoms with Gasteiger partial charge in [0.2, 0.25) is 5.95 Å². The summed E-state index contributed by atoms with van der Waals surface area (Å²) in [6.07, 6.45) is 0. The normalized spacial score (nSPS) is 10.1. The highest BCUT2D eigenvalue weighted by molar-refractivity contribution is 5.55. The van der Waals surface area contributed by atoms with Crippen molar-refractivity contribution in [2.75, 3.05) is 5.32 Å². The molecule has 0 aliphatic heterocycles. The molecule has 0 saturated heterocycles. The smallest absolute Gasteiger partial charge is 0.228 e. The fourth-order valence-electron chi connectivity index (χ4n) is 1.42. The molecule has 1 N–H and O–H groups in total. The second-order valence-corrected chi connectivity index (χ2v) is 3.68. The molecule has 0 spiro atoms. The third kappa shape index (κ3) is 2.63. The van der Waals surface area contributed by atoms with Gasteiger partial charge < -0.3 is 5.32 Å². The van der Waals surface area contributed by atoms with Crippen molar-refractivity contribution < 1.29 is 13.2 Å². The first-order valence-corrected chi connectivity index (χ1v) is 5.17. The Bertz CT molecular complexity index is 679. The predicted molar refractivity (Wildman–Crippen MR) is 61.1 cm³/mol. The van der Waals surface area contributed by atoms with Crippen LogP contribution >= 0.6 is 0 Å². The van der Waals surface area contributed by atoms with Crippen molar-refractivity contribution in [1.29, 1.82) is 5.26 Å². The molecular formula is C12H7F3N4. The van der Waals surface area contributed by atoms with E-state index in [1.54, 1.807) is 6.92 Å². The van der Waals surface area contributed by atoms with Crippen LogP contribution in [0.3, 0.4) is 0 Å². The van der Waals surface area contributed by atoms with Crippen LogP contribution in [0.25, 0.3) is 0 Å². The third-order valence-electron chi connectivity index (χ3n) is 2.25. The first-order valence-electron chi connectivity index (χ1n) is 5.17. The standard InChI is InChI=1S/C12H7F3N4/c1-6-4-7(5-16)18-12(17-6)19-9-3-2-8(13)10(14)11(9)15/h2-4H,1H3,(H,17,18,19). The van der Waals surface area contributed by atoms with Crippen LogP contribution in [-0.4, -0.2) is 9.97 Å². The number of nitrogens with one attached hydrogen (secondary N) is 1. The second-order valence-electron chi connectivity index (χ2n) is 3.68. The van der Waals surface area contributed by atoms with Gasteiger partial charge in [-0.15, -0.1) is 0 Å². The average molecular weight is 264 g/mol. The molecule has 0 saturated carbocycles. The Morgan fingerprint density at radius 2 is 1.89 bits per heavy atom. The number of hydrogen-bond donors (Lipinski definition) is 1. The van der Waals surface area contributed by atoms with Crippen molar-refractivity contribution >= 4 is 11.6 Å². The molecule has 0 radical (unpaired) electrons. The van der Waals surface area contributed by atoms with Gasteiger partial charge in [0.25, 0.3) is 0 Å². The Morgan fingerprint density at radius 1 is 1.16 bits per heavy atom. The summed E-state index contributed by atoms with van der Waals surface area (Å²) in [5.41, 5.74) is 0.253. The van der Waals surface area contributed by atoms with Gasteiger partial charge in [-0.1, -0.05) is 0 Å². The van der Waals surface area contributed by atoms with E-state index in [0.717, 1.165) is 12.1 Å². The van der Waals surface area contributed by atoms with Gasteiger partial charge in [0.1, 0.15) is 11.8 Å². The number of hydrogen-bond acceptors (Lipinski definition) is 4. The van der Waals surface area contributed by atoms with Gasteiger partial charge >= 0.3 is 0 Å². The molecule has 0 aliphatic rings. The molecule has 0 unspecified atom stereocenters. The summed E-state index contributed by atoms with van der Waals surface area (Å²) in [7, 11) is 0. The van der Waals surface area contributed by atoms with Crippen molar-refractivity contribution in [1.82, 2.24) is 9.97 Å². The van der Waals surface area contributed by atoms with Crippen LogP contribution in [0.5, 0.6) is 0 Å². The van der Waals surface area contributed by atoms with Crippen LogP contribution in [0, 0.1) is 35.7 Å². The van der Waals surface area contributed by atoms with Crippen LogP contribution in [0.15, 0.2) is 18.2 Å². The van der Waals surface area contributed by atoms with Gasteiger partial charge in [-0.05, 0) is 25.1 Å². The quantitative estimate of drug-likeness (QED) is 0.847. The van der Waals surface area contributed by atoms with E-state index < -0.39 is 17.5 Å². The van der Waals surface area contributed by atoms with Crippen molar-refractivity contribution in [3.8, 4) is 6.07 Å². The first-order chi connectivity index (χ1) is 9.01. The highest BCUT2D eigenvalue weighted by atomic mass is 19.2. The lowest BCUT2D eigenvalue weighted by Crippen LogP contribution is -2.03. The lowest BCUT2D eigenvalue weighted by molar-refractivity contribution is 0.449. The van der Waals surface area contributed by atoms with E-state index in [4.69, 9.17) is 5.26 Å². The van der Waals surface area contributed by atoms with Gasteiger partial charge in [0.05, 0.1) is 5.69 Å². The summed E-state index contributed by atoms with van der Waals surface area (Å²) in [6.45, 7) is 1.62. The molecule has 0 fully saturated rings. The monoisotopic (exact) mass is 264 g/mol. The molecule has 96 valence electrons. The molecular weight excluding hydrogens is 257 g/mol. The maximum atomic E-state index is 13.4. The zero-order chi connectivity index (χ0) is 14.0. The Kier molecular flexibility index (Phi) is 3.33. The van der Waals surface area contributed by atoms with Crippen molar-refractivity contribution in [3.05, 3.63) is 47.0 Å². The van der Waals surface area contributed by atoms with E-state index >= 15 is 0 Å². The summed E-state index contributed by atoms with van der Waals surface area (Å²) in [5, 5.41) is 11.1. The van der Waals surface area contributed by atoms with Gasteiger partial charge in [-0.2, -0.15) is 5.26 Å². The topological polar surface area (TPSA) is 61.6 Å². The number of halogens is 3. The van der Waals surface area contributed by atoms with Gasteiger partial charge in [0.15, 0.2) is 17.5 Å². The summed E-state index contributed by atoms with van der Waals surface area (Å²) >= 11 is 0. The molecule has 19 heavy (non-hydrogen) atoms. The summed E-state index contributed by atoms with van der Waals surface area (Å²) < 4.78 is 39.2. The number of aromatic nitrogens is 2. The fraction of sp³-hybridized carbons (Fsp3) is 0.0833. The number of benzene rings is 1. The van der Waals surface area contributed by atoms with Crippen LogP contribution in [0.4, 0.5) is 24.8 Å². The minimum atomic E-state index is -1.59.